The number of nitrogens with zero attached hydrogens (tertiary/aromatic N) is 2. The SMILES string of the molecule is O=C(c1ccc(C2=CC3=C(NCCN3Cc3cc(Cl)ccc3C(F)(F)F)N[NH2+]2)cc1)N1CCCC1. The molecule has 0 aromatic heterocycles. The van der Waals surface area contributed by atoms with E-state index in [-0.39, 0.29) is 23.0 Å². The molecule has 0 saturated carbocycles. The second kappa shape index (κ2) is 9.47. The molecule has 6 nitrogen and oxygen atoms in total. The number of carbonyl (C=O) groups is 1. The molecule has 1 fully saturated rings. The summed E-state index contributed by atoms with van der Waals surface area (Å²) in [6.07, 6.45) is -0.427. The van der Waals surface area contributed by atoms with Gasteiger partial charge in [0.15, 0.2) is 11.5 Å². The summed E-state index contributed by atoms with van der Waals surface area (Å²) < 4.78 is 40.8. The number of amides is 1. The number of halogens is 4. The molecule has 4 N–H and O–H groups in total. The third-order valence-electron chi connectivity index (χ3n) is 6.54. The van der Waals surface area contributed by atoms with E-state index in [1.807, 2.05) is 45.6 Å². The molecule has 2 aromatic rings. The van der Waals surface area contributed by atoms with Crippen molar-refractivity contribution in [3.8, 4) is 0 Å². The second-order valence-electron chi connectivity index (χ2n) is 8.87. The molecule has 1 amide bonds. The lowest BCUT2D eigenvalue weighted by atomic mass is 10.0. The predicted molar refractivity (Wildman–Crippen MR) is 127 cm³/mol. The van der Waals surface area contributed by atoms with Crippen molar-refractivity contribution >= 4 is 23.2 Å². The Balaban J connectivity index is 1.39. The zero-order valence-corrected chi connectivity index (χ0v) is 19.7. The van der Waals surface area contributed by atoms with Gasteiger partial charge in [-0.25, -0.2) is 10.9 Å². The minimum Gasteiger partial charge on any atom is -0.364 e. The van der Waals surface area contributed by atoms with Crippen LogP contribution in [0.2, 0.25) is 5.02 Å². The summed E-state index contributed by atoms with van der Waals surface area (Å²) in [6, 6.07) is 11.1. The second-order valence-corrected chi connectivity index (χ2v) is 9.31. The molecule has 0 unspecified atom stereocenters. The van der Waals surface area contributed by atoms with Crippen LogP contribution in [0.25, 0.3) is 5.70 Å². The summed E-state index contributed by atoms with van der Waals surface area (Å²) in [5, 5.41) is 3.54. The van der Waals surface area contributed by atoms with E-state index in [4.69, 9.17) is 11.6 Å². The number of alkyl halides is 3. The molecule has 0 aliphatic carbocycles. The van der Waals surface area contributed by atoms with E-state index in [0.29, 0.717) is 18.7 Å². The standard InChI is InChI=1S/C25H25ClF3N5O/c26-19-7-8-20(25(27,28)29)18(13-19)15-34-12-9-30-23-22(34)14-21(31-32-23)16-3-5-17(6-4-16)24(35)33-10-1-2-11-33/h3-8,13-14,30-32H,1-2,9-12,15H2/p+1. The first-order chi connectivity index (χ1) is 16.8. The van der Waals surface area contributed by atoms with Crippen LogP contribution in [-0.2, 0) is 12.7 Å². The van der Waals surface area contributed by atoms with Gasteiger partial charge in [0.05, 0.1) is 11.3 Å². The highest BCUT2D eigenvalue weighted by atomic mass is 35.5. The van der Waals surface area contributed by atoms with Crippen LogP contribution in [0.3, 0.4) is 0 Å². The fourth-order valence-electron chi connectivity index (χ4n) is 4.73. The van der Waals surface area contributed by atoms with Gasteiger partial charge in [-0.05, 0) is 60.9 Å². The number of nitrogens with two attached hydrogens (primary N) is 1. The van der Waals surface area contributed by atoms with Crippen molar-refractivity contribution in [3.63, 3.8) is 0 Å². The lowest BCUT2D eigenvalue weighted by molar-refractivity contribution is -0.620. The fourth-order valence-corrected chi connectivity index (χ4v) is 4.92. The first-order valence-electron chi connectivity index (χ1n) is 11.6. The molecule has 0 spiro atoms. The highest BCUT2D eigenvalue weighted by molar-refractivity contribution is 6.30. The average molecular weight is 505 g/mol. The number of hydrogen-bond donors (Lipinski definition) is 3. The van der Waals surface area contributed by atoms with Crippen molar-refractivity contribution in [2.45, 2.75) is 25.6 Å². The van der Waals surface area contributed by atoms with E-state index in [9.17, 15) is 18.0 Å². The molecule has 10 heteroatoms. The Morgan fingerprint density at radius 1 is 1.06 bits per heavy atom. The molecule has 3 aliphatic heterocycles. The summed E-state index contributed by atoms with van der Waals surface area (Å²) in [5.41, 5.74) is 7.75. The van der Waals surface area contributed by atoms with E-state index in [2.05, 4.69) is 10.7 Å². The summed E-state index contributed by atoms with van der Waals surface area (Å²) in [6.45, 7) is 2.80. The van der Waals surface area contributed by atoms with Crippen molar-refractivity contribution in [2.75, 3.05) is 26.2 Å². The van der Waals surface area contributed by atoms with Gasteiger partial charge in [0.25, 0.3) is 5.91 Å². The number of likely N-dealkylation sites (tertiary alicyclic amines) is 1. The summed E-state index contributed by atoms with van der Waals surface area (Å²) in [7, 11) is 0. The molecule has 2 aromatic carbocycles. The minimum absolute atomic E-state index is 0.0448. The Hall–Kier alpha value is -3.17. The first kappa shape index (κ1) is 23.6. The van der Waals surface area contributed by atoms with Crippen LogP contribution < -0.4 is 16.2 Å². The molecule has 3 heterocycles. The molecule has 1 saturated heterocycles. The third kappa shape index (κ3) is 4.97. The zero-order valence-electron chi connectivity index (χ0n) is 19.0. The number of hydrogen-bond acceptors (Lipinski definition) is 4. The summed E-state index contributed by atoms with van der Waals surface area (Å²) in [4.78, 5) is 16.4. The maximum atomic E-state index is 13.6. The van der Waals surface area contributed by atoms with Gasteiger partial charge in [0, 0.05) is 54.9 Å². The number of carbonyl (C=O) groups excluding carboxylic acids is 1. The normalized spacial score (nSPS) is 18.1. The predicted octanol–water partition coefficient (Wildman–Crippen LogP) is 3.29. The topological polar surface area (TPSA) is 64.2 Å². The number of benzene rings is 2. The van der Waals surface area contributed by atoms with Gasteiger partial charge < -0.3 is 15.1 Å². The zero-order chi connectivity index (χ0) is 24.6. The monoisotopic (exact) mass is 504 g/mol. The van der Waals surface area contributed by atoms with Gasteiger partial charge in [0.2, 0.25) is 0 Å². The Labute approximate surface area is 206 Å². The van der Waals surface area contributed by atoms with E-state index in [0.717, 1.165) is 54.8 Å². The van der Waals surface area contributed by atoms with Gasteiger partial charge in [0.1, 0.15) is 0 Å². The van der Waals surface area contributed by atoms with Gasteiger partial charge in [-0.1, -0.05) is 11.6 Å². The van der Waals surface area contributed by atoms with Gasteiger partial charge in [-0.15, -0.1) is 0 Å². The van der Waals surface area contributed by atoms with Crippen molar-refractivity contribution in [1.29, 1.82) is 0 Å². The number of nitrogens with one attached hydrogen (secondary N) is 2. The number of allylic oxidation sites excluding steroid dienone is 1. The summed E-state index contributed by atoms with van der Waals surface area (Å²) >= 11 is 6.04. The number of quaternary nitrogens is 1. The highest BCUT2D eigenvalue weighted by Gasteiger charge is 2.34. The third-order valence-corrected chi connectivity index (χ3v) is 6.77. The number of rotatable bonds is 4. The molecule has 35 heavy (non-hydrogen) atoms. The minimum atomic E-state index is -4.46. The highest BCUT2D eigenvalue weighted by Crippen LogP contribution is 2.35. The van der Waals surface area contributed by atoms with Gasteiger partial charge >= 0.3 is 6.18 Å². The van der Waals surface area contributed by atoms with Crippen LogP contribution >= 0.6 is 11.6 Å². The molecule has 0 atom stereocenters. The maximum Gasteiger partial charge on any atom is 0.416 e. The fraction of sp³-hybridized carbons (Fsp3) is 0.320. The molecule has 0 radical (unpaired) electrons. The van der Waals surface area contributed by atoms with Crippen LogP contribution in [0.5, 0.6) is 0 Å². The van der Waals surface area contributed by atoms with Crippen molar-refractivity contribution < 1.29 is 23.4 Å². The van der Waals surface area contributed by atoms with Gasteiger partial charge in [-0.2, -0.15) is 13.2 Å². The van der Waals surface area contributed by atoms with Crippen LogP contribution in [0.1, 0.15) is 39.9 Å². The van der Waals surface area contributed by atoms with E-state index >= 15 is 0 Å². The van der Waals surface area contributed by atoms with Crippen molar-refractivity contribution in [2.24, 2.45) is 0 Å². The lowest BCUT2D eigenvalue weighted by Gasteiger charge is -2.35. The van der Waals surface area contributed by atoms with Crippen LogP contribution in [0, 0.1) is 0 Å². The molecule has 0 bridgehead atoms. The Morgan fingerprint density at radius 2 is 1.80 bits per heavy atom. The van der Waals surface area contributed by atoms with E-state index in [1.54, 1.807) is 0 Å². The molecular weight excluding hydrogens is 479 g/mol. The van der Waals surface area contributed by atoms with Crippen LogP contribution in [0.4, 0.5) is 13.2 Å². The molecule has 3 aliphatic rings. The maximum absolute atomic E-state index is 13.6. The largest absolute Gasteiger partial charge is 0.416 e. The van der Waals surface area contributed by atoms with Crippen molar-refractivity contribution in [3.05, 3.63) is 87.3 Å². The lowest BCUT2D eigenvalue weighted by Crippen LogP contribution is -2.92. The Morgan fingerprint density at radius 3 is 2.51 bits per heavy atom. The van der Waals surface area contributed by atoms with Crippen molar-refractivity contribution in [1.82, 2.24) is 20.5 Å². The quantitative estimate of drug-likeness (QED) is 0.559. The average Bonchev–Trinajstić information content (AvgIpc) is 3.38. The van der Waals surface area contributed by atoms with E-state index < -0.39 is 11.7 Å². The van der Waals surface area contributed by atoms with Crippen LogP contribution in [-0.4, -0.2) is 41.9 Å². The molecule has 5 rings (SSSR count). The first-order valence-corrected chi connectivity index (χ1v) is 12.0. The molecule has 184 valence electrons. The van der Waals surface area contributed by atoms with Gasteiger partial charge in [-0.3, -0.25) is 4.79 Å². The summed E-state index contributed by atoms with van der Waals surface area (Å²) in [5.74, 6) is 0.792. The molecular formula is C25H26ClF3N5O+. The van der Waals surface area contributed by atoms with Crippen LogP contribution in [0.15, 0.2) is 60.1 Å². The smallest absolute Gasteiger partial charge is 0.364 e. The Bertz CT molecular complexity index is 1190. The van der Waals surface area contributed by atoms with E-state index in [1.165, 1.54) is 12.1 Å². The Kier molecular flexibility index (Phi) is 6.37.